The van der Waals surface area contributed by atoms with Crippen LogP contribution >= 0.6 is 11.6 Å². The summed E-state index contributed by atoms with van der Waals surface area (Å²) in [7, 11) is 4.86. The Kier molecular flexibility index (Phi) is 6.98. The molecular weight excluding hydrogens is 374 g/mol. The molecule has 0 saturated heterocycles. The number of rotatable bonds is 8. The number of para-hydroxylation sites is 1. The van der Waals surface area contributed by atoms with Gasteiger partial charge >= 0.3 is 0 Å². The molecule has 0 fully saturated rings. The lowest BCUT2D eigenvalue weighted by molar-refractivity contribution is -0.383. The Morgan fingerprint density at radius 2 is 2.00 bits per heavy atom. The zero-order valence-corrected chi connectivity index (χ0v) is 15.9. The second kappa shape index (κ2) is 9.20. The molecule has 27 heavy (non-hydrogen) atoms. The van der Waals surface area contributed by atoms with Crippen molar-refractivity contribution < 1.29 is 19.2 Å². The molecule has 1 N–H and O–H groups in total. The third kappa shape index (κ3) is 5.32. The number of halogens is 1. The van der Waals surface area contributed by atoms with Crippen molar-refractivity contribution in [2.75, 3.05) is 33.1 Å². The van der Waals surface area contributed by atoms with Gasteiger partial charge in [-0.15, -0.1) is 0 Å². The van der Waals surface area contributed by atoms with Crippen LogP contribution in [-0.4, -0.2) is 43.5 Å². The highest BCUT2D eigenvalue weighted by molar-refractivity contribution is 6.31. The van der Waals surface area contributed by atoms with E-state index in [4.69, 9.17) is 21.1 Å². The van der Waals surface area contributed by atoms with Gasteiger partial charge in [-0.3, -0.25) is 19.8 Å². The van der Waals surface area contributed by atoms with Gasteiger partial charge < -0.3 is 14.8 Å². The summed E-state index contributed by atoms with van der Waals surface area (Å²) in [6, 6.07) is 9.58. The van der Waals surface area contributed by atoms with Gasteiger partial charge in [0, 0.05) is 23.2 Å². The molecule has 0 spiro atoms. The fourth-order valence-corrected chi connectivity index (χ4v) is 2.79. The van der Waals surface area contributed by atoms with E-state index < -0.39 is 4.92 Å². The number of methoxy groups -OCH3 is 2. The molecule has 0 bridgehead atoms. The molecule has 0 atom stereocenters. The summed E-state index contributed by atoms with van der Waals surface area (Å²) < 4.78 is 10.6. The first kappa shape index (κ1) is 20.5. The number of nitro benzene ring substituents is 1. The van der Waals surface area contributed by atoms with E-state index in [1.165, 1.54) is 18.2 Å². The maximum Gasteiger partial charge on any atom is 0.294 e. The van der Waals surface area contributed by atoms with Crippen molar-refractivity contribution in [2.45, 2.75) is 6.54 Å². The quantitative estimate of drug-likeness (QED) is 0.546. The Morgan fingerprint density at radius 1 is 1.26 bits per heavy atom. The van der Waals surface area contributed by atoms with Crippen LogP contribution in [0.1, 0.15) is 5.56 Å². The average molecular weight is 394 g/mol. The Balaban J connectivity index is 2.06. The normalized spacial score (nSPS) is 10.6. The van der Waals surface area contributed by atoms with Crippen LogP contribution in [-0.2, 0) is 11.3 Å². The number of anilines is 1. The number of carbonyl (C=O) groups excluding carboxylic acids is 1. The Bertz CT molecular complexity index is 844. The predicted molar refractivity (Wildman–Crippen MR) is 103 cm³/mol. The van der Waals surface area contributed by atoms with Crippen LogP contribution in [0.25, 0.3) is 0 Å². The van der Waals surface area contributed by atoms with Gasteiger partial charge in [0.05, 0.1) is 25.7 Å². The van der Waals surface area contributed by atoms with Crippen LogP contribution in [0.5, 0.6) is 11.5 Å². The zero-order valence-electron chi connectivity index (χ0n) is 15.2. The van der Waals surface area contributed by atoms with E-state index in [-0.39, 0.29) is 28.8 Å². The van der Waals surface area contributed by atoms with E-state index >= 15 is 0 Å². The van der Waals surface area contributed by atoms with E-state index in [2.05, 4.69) is 5.32 Å². The third-order valence-corrected chi connectivity index (χ3v) is 4.00. The summed E-state index contributed by atoms with van der Waals surface area (Å²) >= 11 is 5.78. The van der Waals surface area contributed by atoms with E-state index in [9.17, 15) is 14.9 Å². The largest absolute Gasteiger partial charge is 0.493 e. The molecule has 0 saturated carbocycles. The topological polar surface area (TPSA) is 93.9 Å². The lowest BCUT2D eigenvalue weighted by Gasteiger charge is -2.19. The summed E-state index contributed by atoms with van der Waals surface area (Å²) in [6.07, 6.45) is 0. The summed E-state index contributed by atoms with van der Waals surface area (Å²) in [5.41, 5.74) is 0.694. The molecule has 2 aromatic carbocycles. The van der Waals surface area contributed by atoms with Gasteiger partial charge in [0.2, 0.25) is 5.91 Å². The molecule has 9 heteroatoms. The zero-order chi connectivity index (χ0) is 20.0. The highest BCUT2D eigenvalue weighted by atomic mass is 35.5. The first-order chi connectivity index (χ1) is 12.8. The number of nitrogens with one attached hydrogen (secondary N) is 1. The maximum absolute atomic E-state index is 12.3. The molecule has 2 aromatic rings. The third-order valence-electron chi connectivity index (χ3n) is 3.77. The number of nitro groups is 1. The fraction of sp³-hybridized carbons (Fsp3) is 0.278. The van der Waals surface area contributed by atoms with E-state index in [1.54, 1.807) is 32.2 Å². The van der Waals surface area contributed by atoms with Crippen molar-refractivity contribution >= 4 is 28.9 Å². The highest BCUT2D eigenvalue weighted by Gasteiger charge is 2.18. The minimum absolute atomic E-state index is 0.0279. The molecule has 0 unspecified atom stereocenters. The second-order valence-electron chi connectivity index (χ2n) is 5.79. The van der Waals surface area contributed by atoms with Gasteiger partial charge in [0.25, 0.3) is 5.69 Å². The van der Waals surface area contributed by atoms with E-state index in [1.807, 2.05) is 12.1 Å². The van der Waals surface area contributed by atoms with Crippen molar-refractivity contribution in [2.24, 2.45) is 0 Å². The van der Waals surface area contributed by atoms with Gasteiger partial charge in [-0.25, -0.2) is 0 Å². The number of nitrogens with zero attached hydrogens (tertiary/aromatic N) is 2. The van der Waals surface area contributed by atoms with Crippen molar-refractivity contribution in [1.82, 2.24) is 4.90 Å². The van der Waals surface area contributed by atoms with E-state index in [0.717, 1.165) is 5.56 Å². The molecule has 0 heterocycles. The smallest absolute Gasteiger partial charge is 0.294 e. The van der Waals surface area contributed by atoms with Gasteiger partial charge in [0.15, 0.2) is 11.5 Å². The minimum Gasteiger partial charge on any atom is -0.493 e. The number of benzene rings is 2. The van der Waals surface area contributed by atoms with Crippen LogP contribution in [0, 0.1) is 10.1 Å². The first-order valence-corrected chi connectivity index (χ1v) is 8.35. The standard InChI is InChI=1S/C18H20ClN3O5/c1-21(10-12-5-4-6-16(26-2)18(12)27-3)11-17(23)20-14-8-7-13(19)9-15(14)22(24)25/h4-9H,10-11H2,1-3H3,(H,20,23). The molecule has 144 valence electrons. The molecule has 8 nitrogen and oxygen atoms in total. The van der Waals surface area contributed by atoms with E-state index in [0.29, 0.717) is 18.0 Å². The fourth-order valence-electron chi connectivity index (χ4n) is 2.62. The summed E-state index contributed by atoms with van der Waals surface area (Å²) in [5.74, 6) is 0.815. The maximum atomic E-state index is 12.3. The van der Waals surface area contributed by atoms with Crippen molar-refractivity contribution in [3.05, 3.63) is 57.1 Å². The average Bonchev–Trinajstić information content (AvgIpc) is 2.62. The van der Waals surface area contributed by atoms with Gasteiger partial charge in [-0.05, 0) is 25.2 Å². The van der Waals surface area contributed by atoms with Crippen LogP contribution in [0.15, 0.2) is 36.4 Å². The molecule has 0 radical (unpaired) electrons. The monoisotopic (exact) mass is 393 g/mol. The summed E-state index contributed by atoms with van der Waals surface area (Å²) in [5, 5.41) is 13.9. The number of likely N-dealkylation sites (N-methyl/N-ethyl adjacent to an activating group) is 1. The minimum atomic E-state index is -0.591. The molecule has 0 aliphatic heterocycles. The summed E-state index contributed by atoms with van der Waals surface area (Å²) in [6.45, 7) is 0.455. The predicted octanol–water partition coefficient (Wildman–Crippen LogP) is 3.34. The number of carbonyl (C=O) groups is 1. The van der Waals surface area contributed by atoms with Crippen LogP contribution in [0.4, 0.5) is 11.4 Å². The first-order valence-electron chi connectivity index (χ1n) is 7.98. The molecule has 0 aliphatic carbocycles. The van der Waals surface area contributed by atoms with Crippen LogP contribution < -0.4 is 14.8 Å². The molecular formula is C18H20ClN3O5. The number of amides is 1. The Hall–Kier alpha value is -2.84. The SMILES string of the molecule is COc1cccc(CN(C)CC(=O)Nc2ccc(Cl)cc2[N+](=O)[O-])c1OC. The van der Waals surface area contributed by atoms with Crippen molar-refractivity contribution in [3.8, 4) is 11.5 Å². The Morgan fingerprint density at radius 3 is 2.63 bits per heavy atom. The van der Waals surface area contributed by atoms with Gasteiger partial charge in [-0.2, -0.15) is 0 Å². The Labute approximate surface area is 161 Å². The lowest BCUT2D eigenvalue weighted by Crippen LogP contribution is -2.30. The number of ether oxygens (including phenoxy) is 2. The van der Waals surface area contributed by atoms with Gasteiger partial charge in [-0.1, -0.05) is 23.7 Å². The highest BCUT2D eigenvalue weighted by Crippen LogP contribution is 2.31. The van der Waals surface area contributed by atoms with Crippen LogP contribution in [0.3, 0.4) is 0 Å². The van der Waals surface area contributed by atoms with Crippen molar-refractivity contribution in [3.63, 3.8) is 0 Å². The second-order valence-corrected chi connectivity index (χ2v) is 6.23. The molecule has 1 amide bonds. The molecule has 0 aliphatic rings. The summed E-state index contributed by atoms with van der Waals surface area (Å²) in [4.78, 5) is 24.6. The van der Waals surface area contributed by atoms with Crippen LogP contribution in [0.2, 0.25) is 5.02 Å². The lowest BCUT2D eigenvalue weighted by atomic mass is 10.1. The van der Waals surface area contributed by atoms with Crippen molar-refractivity contribution in [1.29, 1.82) is 0 Å². The van der Waals surface area contributed by atoms with Gasteiger partial charge in [0.1, 0.15) is 5.69 Å². The number of hydrogen-bond acceptors (Lipinski definition) is 6. The molecule has 0 aromatic heterocycles. The molecule has 2 rings (SSSR count). The number of hydrogen-bond donors (Lipinski definition) is 1.